The number of halogens is 1. The standard InChI is InChI=1S/C16H27FN2OS/c1-4-19(5-2)10-12-21-16-14(7-6-8-15(16)17)13-18-9-11-20-3/h6-8,18H,4-5,9-13H2,1-3H3. The summed E-state index contributed by atoms with van der Waals surface area (Å²) in [6.45, 7) is 9.50. The van der Waals surface area contributed by atoms with E-state index in [2.05, 4.69) is 24.1 Å². The lowest BCUT2D eigenvalue weighted by molar-refractivity contribution is 0.199. The third kappa shape index (κ3) is 6.78. The van der Waals surface area contributed by atoms with E-state index in [9.17, 15) is 4.39 Å². The molecular formula is C16H27FN2OS. The van der Waals surface area contributed by atoms with Crippen molar-refractivity contribution in [2.24, 2.45) is 0 Å². The molecule has 1 aromatic carbocycles. The number of rotatable bonds is 11. The van der Waals surface area contributed by atoms with Gasteiger partial charge in [0.15, 0.2) is 0 Å². The molecule has 5 heteroatoms. The molecule has 0 unspecified atom stereocenters. The van der Waals surface area contributed by atoms with Gasteiger partial charge in [-0.05, 0) is 24.7 Å². The van der Waals surface area contributed by atoms with Crippen molar-refractivity contribution in [3.8, 4) is 0 Å². The first-order chi connectivity index (χ1) is 10.2. The van der Waals surface area contributed by atoms with Gasteiger partial charge >= 0.3 is 0 Å². The van der Waals surface area contributed by atoms with Crippen molar-refractivity contribution >= 4 is 11.8 Å². The van der Waals surface area contributed by atoms with Gasteiger partial charge in [0.1, 0.15) is 5.82 Å². The molecule has 0 saturated carbocycles. The van der Waals surface area contributed by atoms with Crippen LogP contribution in [0, 0.1) is 5.82 Å². The molecular weight excluding hydrogens is 287 g/mol. The number of benzene rings is 1. The van der Waals surface area contributed by atoms with Crippen molar-refractivity contribution in [3.63, 3.8) is 0 Å². The van der Waals surface area contributed by atoms with Crippen LogP contribution in [0.2, 0.25) is 0 Å². The quantitative estimate of drug-likeness (QED) is 0.501. The van der Waals surface area contributed by atoms with Gasteiger partial charge in [0.05, 0.1) is 6.61 Å². The Morgan fingerprint density at radius 3 is 2.71 bits per heavy atom. The van der Waals surface area contributed by atoms with Crippen LogP contribution in [0.25, 0.3) is 0 Å². The van der Waals surface area contributed by atoms with Gasteiger partial charge in [-0.1, -0.05) is 26.0 Å². The molecule has 1 N–H and O–H groups in total. The van der Waals surface area contributed by atoms with Crippen molar-refractivity contribution < 1.29 is 9.13 Å². The van der Waals surface area contributed by atoms with E-state index in [0.29, 0.717) is 13.2 Å². The zero-order chi connectivity index (χ0) is 15.5. The van der Waals surface area contributed by atoms with Crippen LogP contribution >= 0.6 is 11.8 Å². The maximum Gasteiger partial charge on any atom is 0.137 e. The molecule has 0 aromatic heterocycles. The van der Waals surface area contributed by atoms with Crippen LogP contribution in [0.15, 0.2) is 23.1 Å². The Labute approximate surface area is 132 Å². The Balaban J connectivity index is 2.54. The van der Waals surface area contributed by atoms with Gasteiger partial charge < -0.3 is 15.0 Å². The van der Waals surface area contributed by atoms with Crippen LogP contribution in [-0.2, 0) is 11.3 Å². The molecule has 0 saturated heterocycles. The van der Waals surface area contributed by atoms with Crippen LogP contribution in [0.4, 0.5) is 4.39 Å². The van der Waals surface area contributed by atoms with E-state index in [1.807, 2.05) is 6.07 Å². The molecule has 3 nitrogen and oxygen atoms in total. The number of methoxy groups -OCH3 is 1. The number of ether oxygens (including phenoxy) is 1. The molecule has 0 aliphatic heterocycles. The zero-order valence-corrected chi connectivity index (χ0v) is 14.1. The number of thioether (sulfide) groups is 1. The van der Waals surface area contributed by atoms with Gasteiger partial charge in [0.25, 0.3) is 0 Å². The summed E-state index contributed by atoms with van der Waals surface area (Å²) in [4.78, 5) is 3.12. The first-order valence-electron chi connectivity index (χ1n) is 7.55. The zero-order valence-electron chi connectivity index (χ0n) is 13.3. The fraction of sp³-hybridized carbons (Fsp3) is 0.625. The van der Waals surface area contributed by atoms with E-state index in [0.717, 1.165) is 42.4 Å². The SMILES string of the molecule is CCN(CC)CCSc1c(F)cccc1CNCCOC. The largest absolute Gasteiger partial charge is 0.383 e. The summed E-state index contributed by atoms with van der Waals surface area (Å²) in [5.74, 6) is 0.791. The minimum absolute atomic E-state index is 0.120. The average molecular weight is 314 g/mol. The Hall–Kier alpha value is -0.620. The van der Waals surface area contributed by atoms with E-state index in [1.165, 1.54) is 0 Å². The van der Waals surface area contributed by atoms with Gasteiger partial charge in [0.2, 0.25) is 0 Å². The van der Waals surface area contributed by atoms with Crippen LogP contribution < -0.4 is 5.32 Å². The summed E-state index contributed by atoms with van der Waals surface area (Å²) < 4.78 is 19.0. The highest BCUT2D eigenvalue weighted by molar-refractivity contribution is 7.99. The minimum Gasteiger partial charge on any atom is -0.383 e. The Morgan fingerprint density at radius 2 is 2.05 bits per heavy atom. The minimum atomic E-state index is -0.120. The molecule has 1 rings (SSSR count). The first-order valence-corrected chi connectivity index (χ1v) is 8.53. The number of nitrogens with one attached hydrogen (secondary N) is 1. The molecule has 0 heterocycles. The second kappa shape index (κ2) is 11.0. The number of hydrogen-bond donors (Lipinski definition) is 1. The number of hydrogen-bond acceptors (Lipinski definition) is 4. The van der Waals surface area contributed by atoms with Crippen LogP contribution in [-0.4, -0.2) is 50.5 Å². The normalized spacial score (nSPS) is 11.3. The molecule has 0 radical (unpaired) electrons. The van der Waals surface area contributed by atoms with Crippen molar-refractivity contribution in [2.45, 2.75) is 25.3 Å². The van der Waals surface area contributed by atoms with Crippen molar-refractivity contribution in [1.82, 2.24) is 10.2 Å². The van der Waals surface area contributed by atoms with E-state index in [1.54, 1.807) is 31.0 Å². The fourth-order valence-corrected chi connectivity index (χ4v) is 3.15. The lowest BCUT2D eigenvalue weighted by atomic mass is 10.2. The van der Waals surface area contributed by atoms with Crippen molar-refractivity contribution in [3.05, 3.63) is 29.6 Å². The van der Waals surface area contributed by atoms with Gasteiger partial charge in [-0.25, -0.2) is 4.39 Å². The third-order valence-electron chi connectivity index (χ3n) is 3.40. The monoisotopic (exact) mass is 314 g/mol. The maximum atomic E-state index is 14.0. The Morgan fingerprint density at radius 1 is 1.29 bits per heavy atom. The first kappa shape index (κ1) is 18.4. The smallest absolute Gasteiger partial charge is 0.137 e. The lowest BCUT2D eigenvalue weighted by Gasteiger charge is -2.18. The predicted octanol–water partition coefficient (Wildman–Crippen LogP) is 3.00. The highest BCUT2D eigenvalue weighted by Crippen LogP contribution is 2.26. The van der Waals surface area contributed by atoms with Crippen LogP contribution in [0.5, 0.6) is 0 Å². The highest BCUT2D eigenvalue weighted by Gasteiger charge is 2.09. The second-order valence-corrected chi connectivity index (χ2v) is 5.88. The van der Waals surface area contributed by atoms with Gasteiger partial charge in [-0.3, -0.25) is 0 Å². The molecule has 21 heavy (non-hydrogen) atoms. The van der Waals surface area contributed by atoms with Crippen LogP contribution in [0.1, 0.15) is 19.4 Å². The van der Waals surface area contributed by atoms with Crippen LogP contribution in [0.3, 0.4) is 0 Å². The van der Waals surface area contributed by atoms with Gasteiger partial charge in [-0.2, -0.15) is 0 Å². The topological polar surface area (TPSA) is 24.5 Å². The summed E-state index contributed by atoms with van der Waals surface area (Å²) in [5.41, 5.74) is 1.02. The van der Waals surface area contributed by atoms with Gasteiger partial charge in [0, 0.05) is 37.4 Å². The van der Waals surface area contributed by atoms with Crippen molar-refractivity contribution in [2.75, 3.05) is 45.6 Å². The molecule has 0 bridgehead atoms. The summed E-state index contributed by atoms with van der Waals surface area (Å²) in [6.07, 6.45) is 0. The fourth-order valence-electron chi connectivity index (χ4n) is 2.07. The summed E-state index contributed by atoms with van der Waals surface area (Å²) >= 11 is 1.61. The van der Waals surface area contributed by atoms with E-state index in [4.69, 9.17) is 4.74 Å². The van der Waals surface area contributed by atoms with E-state index < -0.39 is 0 Å². The van der Waals surface area contributed by atoms with E-state index >= 15 is 0 Å². The second-order valence-electron chi connectivity index (χ2n) is 4.77. The molecule has 0 aliphatic carbocycles. The molecule has 0 aliphatic rings. The molecule has 1 aromatic rings. The van der Waals surface area contributed by atoms with E-state index in [-0.39, 0.29) is 5.82 Å². The Kier molecular flexibility index (Phi) is 9.67. The lowest BCUT2D eigenvalue weighted by Crippen LogP contribution is -2.25. The predicted molar refractivity (Wildman–Crippen MR) is 88.5 cm³/mol. The summed E-state index contributed by atoms with van der Waals surface area (Å²) in [7, 11) is 1.68. The maximum absolute atomic E-state index is 14.0. The summed E-state index contributed by atoms with van der Waals surface area (Å²) in [5, 5.41) is 3.28. The molecule has 0 fully saturated rings. The summed E-state index contributed by atoms with van der Waals surface area (Å²) in [6, 6.07) is 5.30. The number of nitrogens with zero attached hydrogens (tertiary/aromatic N) is 1. The van der Waals surface area contributed by atoms with Crippen molar-refractivity contribution in [1.29, 1.82) is 0 Å². The average Bonchev–Trinajstić information content (AvgIpc) is 2.50. The highest BCUT2D eigenvalue weighted by atomic mass is 32.2. The Bertz CT molecular complexity index is 400. The molecule has 120 valence electrons. The van der Waals surface area contributed by atoms with Gasteiger partial charge in [-0.15, -0.1) is 11.8 Å². The third-order valence-corrected chi connectivity index (χ3v) is 4.53. The molecule has 0 spiro atoms. The molecule has 0 amide bonds. The molecule has 0 atom stereocenters.